The second-order valence-electron chi connectivity index (χ2n) is 5.35. The normalized spacial score (nSPS) is 17.0. The number of fused-ring (bicyclic) bond motifs is 1. The van der Waals surface area contributed by atoms with Gasteiger partial charge in [-0.15, -0.1) is 17.7 Å². The molecule has 0 aliphatic heterocycles. The van der Waals surface area contributed by atoms with Crippen LogP contribution < -0.4 is 0 Å². The molecule has 1 aliphatic carbocycles. The van der Waals surface area contributed by atoms with E-state index in [9.17, 15) is 0 Å². The summed E-state index contributed by atoms with van der Waals surface area (Å²) in [6.45, 7) is 14.9. The van der Waals surface area contributed by atoms with E-state index in [1.54, 1.807) is 0 Å². The van der Waals surface area contributed by atoms with Crippen LogP contribution in [-0.4, -0.2) is 0 Å². The van der Waals surface area contributed by atoms with E-state index in [0.29, 0.717) is 0 Å². The maximum atomic E-state index is 4.17. The molecule has 0 amide bonds. The first-order chi connectivity index (χ1) is 7.40. The fourth-order valence-corrected chi connectivity index (χ4v) is 2.02. The molecular formula is C16H17Y-. The minimum Gasteiger partial charge on any atom is -0.183 e. The summed E-state index contributed by atoms with van der Waals surface area (Å²) in [6.07, 6.45) is 2.25. The maximum Gasteiger partial charge on any atom is 0 e. The topological polar surface area (TPSA) is 0 Å². The Bertz CT molecular complexity index is 462. The van der Waals surface area contributed by atoms with Gasteiger partial charge in [0.05, 0.1) is 0 Å². The molecule has 0 fully saturated rings. The molecule has 1 aromatic carbocycles. The van der Waals surface area contributed by atoms with Crippen LogP contribution in [0, 0.1) is 11.5 Å². The molecule has 1 heteroatoms. The predicted octanol–water partition coefficient (Wildman–Crippen LogP) is 4.50. The van der Waals surface area contributed by atoms with Crippen LogP contribution in [0.15, 0.2) is 43.0 Å². The summed E-state index contributed by atoms with van der Waals surface area (Å²) in [7, 11) is 0. The van der Waals surface area contributed by atoms with Crippen LogP contribution in [0.2, 0.25) is 0 Å². The Morgan fingerprint density at radius 2 is 1.71 bits per heavy atom. The van der Waals surface area contributed by atoms with Gasteiger partial charge in [0.2, 0.25) is 0 Å². The zero-order chi connectivity index (χ0) is 11.9. The average molecular weight is 298 g/mol. The van der Waals surface area contributed by atoms with Crippen LogP contribution >= 0.6 is 0 Å². The summed E-state index contributed by atoms with van der Waals surface area (Å²) in [4.78, 5) is 0. The molecule has 17 heavy (non-hydrogen) atoms. The zero-order valence-electron chi connectivity index (χ0n) is 10.8. The van der Waals surface area contributed by atoms with Gasteiger partial charge in [0.25, 0.3) is 0 Å². The molecule has 0 aromatic heterocycles. The van der Waals surface area contributed by atoms with Crippen molar-refractivity contribution in [2.45, 2.75) is 20.8 Å². The Balaban J connectivity index is 0.00000144. The van der Waals surface area contributed by atoms with Gasteiger partial charge < -0.3 is 0 Å². The Morgan fingerprint density at radius 3 is 2.24 bits per heavy atom. The van der Waals surface area contributed by atoms with Gasteiger partial charge >= 0.3 is 0 Å². The molecule has 1 aliphatic rings. The van der Waals surface area contributed by atoms with E-state index < -0.39 is 0 Å². The standard InChI is InChI=1S/C16H17.Y/c1-11-13-8-6-7-9-14(13)12(2)15(11)10-16(3,4)5;/h6,8-10H,1-2H2,3-5H3;/q-1;/b15-10-;. The molecule has 0 spiro atoms. The van der Waals surface area contributed by atoms with Crippen LogP contribution in [0.4, 0.5) is 0 Å². The monoisotopic (exact) mass is 298 g/mol. The fraction of sp³-hybridized carbons (Fsp3) is 0.250. The number of benzene rings is 1. The van der Waals surface area contributed by atoms with E-state index in [2.05, 4.69) is 52.1 Å². The third kappa shape index (κ3) is 2.87. The molecule has 1 aromatic rings. The van der Waals surface area contributed by atoms with Gasteiger partial charge in [-0.2, -0.15) is 24.3 Å². The third-order valence-corrected chi connectivity index (χ3v) is 2.74. The number of hydrogen-bond donors (Lipinski definition) is 0. The molecule has 0 heterocycles. The van der Waals surface area contributed by atoms with E-state index >= 15 is 0 Å². The number of allylic oxidation sites excluding steroid dienone is 4. The van der Waals surface area contributed by atoms with Crippen LogP contribution in [-0.2, 0) is 32.7 Å². The van der Waals surface area contributed by atoms with Gasteiger partial charge in [0.1, 0.15) is 0 Å². The van der Waals surface area contributed by atoms with Gasteiger partial charge in [0.15, 0.2) is 0 Å². The van der Waals surface area contributed by atoms with Crippen molar-refractivity contribution in [1.29, 1.82) is 0 Å². The van der Waals surface area contributed by atoms with Gasteiger partial charge in [0, 0.05) is 32.7 Å². The first-order valence-electron chi connectivity index (χ1n) is 5.52. The molecule has 85 valence electrons. The van der Waals surface area contributed by atoms with Gasteiger partial charge in [-0.1, -0.05) is 39.0 Å². The first kappa shape index (κ1) is 14.6. The van der Waals surface area contributed by atoms with Crippen molar-refractivity contribution in [2.75, 3.05) is 0 Å². The molecular weight excluding hydrogens is 281 g/mol. The van der Waals surface area contributed by atoms with E-state index in [4.69, 9.17) is 0 Å². The molecule has 2 rings (SSSR count). The van der Waals surface area contributed by atoms with Crippen LogP contribution in [0.5, 0.6) is 0 Å². The molecule has 0 bridgehead atoms. The first-order valence-corrected chi connectivity index (χ1v) is 5.52. The van der Waals surface area contributed by atoms with Crippen molar-refractivity contribution in [3.05, 3.63) is 60.2 Å². The Morgan fingerprint density at radius 1 is 1.12 bits per heavy atom. The second-order valence-corrected chi connectivity index (χ2v) is 5.35. The molecule has 0 atom stereocenters. The second kappa shape index (κ2) is 5.04. The average Bonchev–Trinajstić information content (AvgIpc) is 2.43. The molecule has 0 saturated carbocycles. The fourth-order valence-electron chi connectivity index (χ4n) is 2.02. The summed E-state index contributed by atoms with van der Waals surface area (Å²) in [5.41, 5.74) is 5.85. The largest absolute Gasteiger partial charge is 0.183 e. The van der Waals surface area contributed by atoms with Crippen molar-refractivity contribution in [1.82, 2.24) is 0 Å². The molecule has 0 saturated heterocycles. The minimum absolute atomic E-state index is 0. The van der Waals surface area contributed by atoms with Crippen molar-refractivity contribution < 1.29 is 32.7 Å². The maximum absolute atomic E-state index is 4.17. The van der Waals surface area contributed by atoms with Crippen molar-refractivity contribution >= 4 is 11.1 Å². The smallest absolute Gasteiger partial charge is 0 e. The Hall–Kier alpha value is -0.456. The Labute approximate surface area is 129 Å². The predicted molar refractivity (Wildman–Crippen MR) is 70.9 cm³/mol. The van der Waals surface area contributed by atoms with E-state index in [1.165, 1.54) is 16.7 Å². The summed E-state index contributed by atoms with van der Waals surface area (Å²) >= 11 is 0. The quantitative estimate of drug-likeness (QED) is 0.619. The zero-order valence-corrected chi connectivity index (χ0v) is 13.6. The van der Waals surface area contributed by atoms with Crippen LogP contribution in [0.1, 0.15) is 31.9 Å². The summed E-state index contributed by atoms with van der Waals surface area (Å²) in [5.74, 6) is 0. The van der Waals surface area contributed by atoms with Crippen molar-refractivity contribution in [3.63, 3.8) is 0 Å². The summed E-state index contributed by atoms with van der Waals surface area (Å²) < 4.78 is 0. The van der Waals surface area contributed by atoms with E-state index in [-0.39, 0.29) is 38.1 Å². The van der Waals surface area contributed by atoms with Crippen molar-refractivity contribution in [2.24, 2.45) is 5.41 Å². The van der Waals surface area contributed by atoms with E-state index in [0.717, 1.165) is 11.1 Å². The van der Waals surface area contributed by atoms with E-state index in [1.807, 2.05) is 12.1 Å². The SMILES string of the molecule is C=C1/C(=C\C(C)(C)C)C(=C)c2cc[c-]cc21.[Y]. The molecule has 0 unspecified atom stereocenters. The number of rotatable bonds is 0. The molecule has 0 nitrogen and oxygen atoms in total. The molecule has 0 N–H and O–H groups in total. The van der Waals surface area contributed by atoms with Crippen LogP contribution in [0.3, 0.4) is 0 Å². The van der Waals surface area contributed by atoms with Gasteiger partial charge in [-0.3, -0.25) is 0 Å². The summed E-state index contributed by atoms with van der Waals surface area (Å²) in [5, 5.41) is 0. The van der Waals surface area contributed by atoms with Gasteiger partial charge in [-0.05, 0) is 16.6 Å². The summed E-state index contributed by atoms with van der Waals surface area (Å²) in [6, 6.07) is 9.08. The van der Waals surface area contributed by atoms with Gasteiger partial charge in [-0.25, -0.2) is 0 Å². The Kier molecular flexibility index (Phi) is 4.33. The third-order valence-electron chi connectivity index (χ3n) is 2.74. The van der Waals surface area contributed by atoms with Crippen molar-refractivity contribution in [3.8, 4) is 0 Å². The van der Waals surface area contributed by atoms with Crippen LogP contribution in [0.25, 0.3) is 11.1 Å². The molecule has 1 radical (unpaired) electrons. The minimum atomic E-state index is 0. The number of hydrogen-bond acceptors (Lipinski definition) is 0.